The number of nitriles is 1. The standard InChI is InChI=1S/C19H20N2O3/c1-12-5-4-6-16(13(12)2)21-19(23)15(11-20)9-14-7-8-17(22)18(10-14)24-3/h4-8,10,15,22H,9H2,1-3H3,(H,21,23)/t15-/m1/s1. The number of hydrogen-bond acceptors (Lipinski definition) is 4. The Bertz CT molecular complexity index is 794. The zero-order chi connectivity index (χ0) is 17.7. The third kappa shape index (κ3) is 3.85. The van der Waals surface area contributed by atoms with E-state index in [0.29, 0.717) is 11.4 Å². The first-order chi connectivity index (χ1) is 11.5. The SMILES string of the molecule is COc1cc(C[C@H](C#N)C(=O)Nc2cccc(C)c2C)ccc1O. The number of amides is 1. The van der Waals surface area contributed by atoms with Crippen molar-refractivity contribution in [2.24, 2.45) is 5.92 Å². The Labute approximate surface area is 141 Å². The summed E-state index contributed by atoms with van der Waals surface area (Å²) in [5.41, 5.74) is 3.51. The second-order valence-corrected chi connectivity index (χ2v) is 5.63. The second-order valence-electron chi connectivity index (χ2n) is 5.63. The van der Waals surface area contributed by atoms with Crippen molar-refractivity contribution in [3.8, 4) is 17.6 Å². The van der Waals surface area contributed by atoms with Crippen LogP contribution < -0.4 is 10.1 Å². The lowest BCUT2D eigenvalue weighted by molar-refractivity contribution is -0.118. The van der Waals surface area contributed by atoms with E-state index in [9.17, 15) is 15.2 Å². The summed E-state index contributed by atoms with van der Waals surface area (Å²) in [4.78, 5) is 12.4. The first kappa shape index (κ1) is 17.4. The number of aromatic hydroxyl groups is 1. The normalized spacial score (nSPS) is 11.4. The van der Waals surface area contributed by atoms with Crippen LogP contribution in [0.25, 0.3) is 0 Å². The van der Waals surface area contributed by atoms with Crippen molar-refractivity contribution in [3.63, 3.8) is 0 Å². The van der Waals surface area contributed by atoms with Gasteiger partial charge in [-0.1, -0.05) is 18.2 Å². The summed E-state index contributed by atoms with van der Waals surface area (Å²) in [7, 11) is 1.45. The van der Waals surface area contributed by atoms with Gasteiger partial charge in [0.2, 0.25) is 5.91 Å². The van der Waals surface area contributed by atoms with Crippen LogP contribution in [0.2, 0.25) is 0 Å². The second kappa shape index (κ2) is 7.51. The Balaban J connectivity index is 2.15. The molecule has 0 aliphatic rings. The topological polar surface area (TPSA) is 82.3 Å². The molecule has 5 nitrogen and oxygen atoms in total. The molecule has 0 radical (unpaired) electrons. The van der Waals surface area contributed by atoms with Crippen molar-refractivity contribution >= 4 is 11.6 Å². The summed E-state index contributed by atoms with van der Waals surface area (Å²) in [6.45, 7) is 3.90. The van der Waals surface area contributed by atoms with Crippen LogP contribution in [0.5, 0.6) is 11.5 Å². The number of nitrogens with zero attached hydrogens (tertiary/aromatic N) is 1. The number of phenolic OH excluding ortho intramolecular Hbond substituents is 1. The minimum atomic E-state index is -0.834. The predicted octanol–water partition coefficient (Wildman–Crippen LogP) is 3.34. The molecule has 0 heterocycles. The monoisotopic (exact) mass is 324 g/mol. The minimum absolute atomic E-state index is 0.0228. The molecule has 0 saturated carbocycles. The molecule has 5 heteroatoms. The van der Waals surface area contributed by atoms with E-state index in [-0.39, 0.29) is 18.1 Å². The van der Waals surface area contributed by atoms with Gasteiger partial charge in [-0.2, -0.15) is 5.26 Å². The summed E-state index contributed by atoms with van der Waals surface area (Å²) in [5, 5.41) is 21.8. The van der Waals surface area contributed by atoms with E-state index in [1.807, 2.05) is 38.1 Å². The number of hydrogen-bond donors (Lipinski definition) is 2. The molecule has 1 amide bonds. The molecule has 0 saturated heterocycles. The predicted molar refractivity (Wildman–Crippen MR) is 92.0 cm³/mol. The van der Waals surface area contributed by atoms with Gasteiger partial charge in [-0.3, -0.25) is 4.79 Å². The summed E-state index contributed by atoms with van der Waals surface area (Å²) in [6, 6.07) is 12.5. The Hall–Kier alpha value is -3.00. The quantitative estimate of drug-likeness (QED) is 0.883. The molecule has 0 bridgehead atoms. The van der Waals surface area contributed by atoms with E-state index in [2.05, 4.69) is 5.32 Å². The summed E-state index contributed by atoms with van der Waals surface area (Å²) < 4.78 is 5.05. The van der Waals surface area contributed by atoms with Crippen LogP contribution in [0.1, 0.15) is 16.7 Å². The highest BCUT2D eigenvalue weighted by Crippen LogP contribution is 2.27. The van der Waals surface area contributed by atoms with Gasteiger partial charge in [0.1, 0.15) is 5.92 Å². The maximum atomic E-state index is 12.4. The summed E-state index contributed by atoms with van der Waals surface area (Å²) in [5.74, 6) is -0.842. The number of phenols is 1. The van der Waals surface area contributed by atoms with Gasteiger partial charge in [0.15, 0.2) is 11.5 Å². The fraction of sp³-hybridized carbons (Fsp3) is 0.263. The minimum Gasteiger partial charge on any atom is -0.504 e. The van der Waals surface area contributed by atoms with Crippen molar-refractivity contribution in [3.05, 3.63) is 53.1 Å². The molecule has 0 spiro atoms. The number of ether oxygens (including phenoxy) is 1. The highest BCUT2D eigenvalue weighted by atomic mass is 16.5. The molecule has 0 fully saturated rings. The van der Waals surface area contributed by atoms with E-state index in [1.165, 1.54) is 13.2 Å². The molecule has 2 aromatic carbocycles. The molecular formula is C19H20N2O3. The van der Waals surface area contributed by atoms with Gasteiger partial charge >= 0.3 is 0 Å². The van der Waals surface area contributed by atoms with E-state index in [0.717, 1.165) is 16.7 Å². The molecule has 0 aliphatic carbocycles. The van der Waals surface area contributed by atoms with Crippen LogP contribution in [-0.4, -0.2) is 18.1 Å². The molecule has 124 valence electrons. The lowest BCUT2D eigenvalue weighted by atomic mass is 9.99. The third-order valence-corrected chi connectivity index (χ3v) is 4.02. The van der Waals surface area contributed by atoms with Crippen molar-refractivity contribution in [2.45, 2.75) is 20.3 Å². The lowest BCUT2D eigenvalue weighted by Crippen LogP contribution is -2.24. The maximum absolute atomic E-state index is 12.4. The molecule has 0 unspecified atom stereocenters. The Morgan fingerprint density at radius 2 is 2.08 bits per heavy atom. The largest absolute Gasteiger partial charge is 0.504 e. The van der Waals surface area contributed by atoms with Gasteiger partial charge in [0, 0.05) is 5.69 Å². The van der Waals surface area contributed by atoms with Crippen LogP contribution >= 0.6 is 0 Å². The number of nitrogens with one attached hydrogen (secondary N) is 1. The molecule has 0 aliphatic heterocycles. The van der Waals surface area contributed by atoms with Crippen molar-refractivity contribution < 1.29 is 14.6 Å². The molecular weight excluding hydrogens is 304 g/mol. The molecule has 1 atom stereocenters. The number of benzene rings is 2. The number of aryl methyl sites for hydroxylation is 1. The van der Waals surface area contributed by atoms with Crippen LogP contribution in [0.3, 0.4) is 0 Å². The Morgan fingerprint density at radius 1 is 1.33 bits per heavy atom. The van der Waals surface area contributed by atoms with E-state index >= 15 is 0 Å². The fourth-order valence-electron chi connectivity index (χ4n) is 2.39. The Morgan fingerprint density at radius 3 is 2.75 bits per heavy atom. The maximum Gasteiger partial charge on any atom is 0.242 e. The average Bonchev–Trinajstić information content (AvgIpc) is 2.58. The van der Waals surface area contributed by atoms with Crippen molar-refractivity contribution in [1.29, 1.82) is 5.26 Å². The molecule has 2 N–H and O–H groups in total. The number of methoxy groups -OCH3 is 1. The van der Waals surface area contributed by atoms with Crippen LogP contribution in [-0.2, 0) is 11.2 Å². The number of anilines is 1. The van der Waals surface area contributed by atoms with Gasteiger partial charge < -0.3 is 15.2 Å². The highest BCUT2D eigenvalue weighted by molar-refractivity contribution is 5.95. The van der Waals surface area contributed by atoms with Crippen molar-refractivity contribution in [2.75, 3.05) is 12.4 Å². The van der Waals surface area contributed by atoms with Gasteiger partial charge in [-0.25, -0.2) is 0 Å². The van der Waals surface area contributed by atoms with Gasteiger partial charge in [-0.05, 0) is 55.2 Å². The Kier molecular flexibility index (Phi) is 5.43. The zero-order valence-corrected chi connectivity index (χ0v) is 14.0. The molecule has 2 aromatic rings. The van der Waals surface area contributed by atoms with Crippen LogP contribution in [0.15, 0.2) is 36.4 Å². The summed E-state index contributed by atoms with van der Waals surface area (Å²) in [6.07, 6.45) is 0.240. The smallest absolute Gasteiger partial charge is 0.242 e. The van der Waals surface area contributed by atoms with E-state index < -0.39 is 5.92 Å². The fourth-order valence-corrected chi connectivity index (χ4v) is 2.39. The first-order valence-electron chi connectivity index (χ1n) is 7.58. The molecule has 24 heavy (non-hydrogen) atoms. The van der Waals surface area contributed by atoms with Crippen molar-refractivity contribution in [1.82, 2.24) is 0 Å². The van der Waals surface area contributed by atoms with Crippen LogP contribution in [0, 0.1) is 31.1 Å². The number of rotatable bonds is 5. The molecule has 0 aromatic heterocycles. The van der Waals surface area contributed by atoms with Gasteiger partial charge in [-0.15, -0.1) is 0 Å². The highest BCUT2D eigenvalue weighted by Gasteiger charge is 2.20. The lowest BCUT2D eigenvalue weighted by Gasteiger charge is -2.14. The summed E-state index contributed by atoms with van der Waals surface area (Å²) >= 11 is 0. The third-order valence-electron chi connectivity index (χ3n) is 4.02. The van der Waals surface area contributed by atoms with Gasteiger partial charge in [0.25, 0.3) is 0 Å². The van der Waals surface area contributed by atoms with E-state index in [1.54, 1.807) is 12.1 Å². The number of carbonyl (C=O) groups is 1. The first-order valence-corrected chi connectivity index (χ1v) is 7.58. The van der Waals surface area contributed by atoms with Gasteiger partial charge in [0.05, 0.1) is 13.2 Å². The number of carbonyl (C=O) groups excluding carboxylic acids is 1. The molecule has 2 rings (SSSR count). The van der Waals surface area contributed by atoms with Crippen LogP contribution in [0.4, 0.5) is 5.69 Å². The average molecular weight is 324 g/mol. The zero-order valence-electron chi connectivity index (χ0n) is 14.0. The van der Waals surface area contributed by atoms with E-state index in [4.69, 9.17) is 4.74 Å².